The van der Waals surface area contributed by atoms with Crippen molar-refractivity contribution < 1.29 is 0 Å². The lowest BCUT2D eigenvalue weighted by atomic mass is 10.1. The van der Waals surface area contributed by atoms with Gasteiger partial charge in [0.15, 0.2) is 0 Å². The van der Waals surface area contributed by atoms with Crippen LogP contribution in [0.4, 0.5) is 11.8 Å². The van der Waals surface area contributed by atoms with E-state index in [4.69, 9.17) is 0 Å². The summed E-state index contributed by atoms with van der Waals surface area (Å²) in [5.41, 5.74) is 2.38. The molecule has 0 bridgehead atoms. The molecule has 2 N–H and O–H groups in total. The van der Waals surface area contributed by atoms with E-state index in [0.29, 0.717) is 11.9 Å². The summed E-state index contributed by atoms with van der Waals surface area (Å²) >= 11 is 0. The molecule has 0 amide bonds. The summed E-state index contributed by atoms with van der Waals surface area (Å²) in [5.74, 6) is 2.23. The summed E-state index contributed by atoms with van der Waals surface area (Å²) < 4.78 is 0. The van der Waals surface area contributed by atoms with Crippen LogP contribution in [0.15, 0.2) is 30.6 Å². The largest absolute Gasteiger partial charge is 0.370 e. The fourth-order valence-electron chi connectivity index (χ4n) is 2.42. The van der Waals surface area contributed by atoms with E-state index in [9.17, 15) is 0 Å². The van der Waals surface area contributed by atoms with Crippen molar-refractivity contribution in [2.24, 2.45) is 0 Å². The zero-order valence-electron chi connectivity index (χ0n) is 14.1. The zero-order chi connectivity index (χ0) is 16.3. The molecule has 0 spiro atoms. The molecule has 2 aromatic rings. The van der Waals surface area contributed by atoms with Crippen LogP contribution in [-0.2, 0) is 6.42 Å². The van der Waals surface area contributed by atoms with Gasteiger partial charge in [-0.05, 0) is 57.7 Å². The minimum Gasteiger partial charge on any atom is -0.370 e. The highest BCUT2D eigenvalue weighted by molar-refractivity contribution is 5.45. The maximum Gasteiger partial charge on any atom is 0.225 e. The molecular weight excluding hydrogens is 286 g/mol. The molecular formula is C18H25N5. The lowest BCUT2D eigenvalue weighted by molar-refractivity contribution is 0.625. The fourth-order valence-corrected chi connectivity index (χ4v) is 2.42. The van der Waals surface area contributed by atoms with Gasteiger partial charge in [-0.15, -0.1) is 0 Å². The normalized spacial score (nSPS) is 14.6. The molecule has 2 aromatic heterocycles. The predicted molar refractivity (Wildman–Crippen MR) is 93.8 cm³/mol. The molecule has 1 aliphatic carbocycles. The first-order valence-corrected chi connectivity index (χ1v) is 8.29. The Morgan fingerprint density at radius 2 is 1.87 bits per heavy atom. The topological polar surface area (TPSA) is 62.7 Å². The lowest BCUT2D eigenvalue weighted by Gasteiger charge is -2.21. The minimum atomic E-state index is -0.0452. The lowest BCUT2D eigenvalue weighted by Crippen LogP contribution is -2.27. The number of pyridine rings is 1. The third kappa shape index (κ3) is 4.91. The van der Waals surface area contributed by atoms with Crippen molar-refractivity contribution >= 4 is 11.8 Å². The summed E-state index contributed by atoms with van der Waals surface area (Å²) in [7, 11) is 0. The molecule has 0 saturated heterocycles. The van der Waals surface area contributed by atoms with Gasteiger partial charge in [0.25, 0.3) is 0 Å². The third-order valence-corrected chi connectivity index (χ3v) is 3.70. The fraction of sp³-hybridized carbons (Fsp3) is 0.500. The Balaban J connectivity index is 1.67. The van der Waals surface area contributed by atoms with Crippen LogP contribution in [0.3, 0.4) is 0 Å². The number of rotatable bonds is 6. The molecule has 0 unspecified atom stereocenters. The summed E-state index contributed by atoms with van der Waals surface area (Å²) in [6, 6.07) is 6.19. The van der Waals surface area contributed by atoms with Gasteiger partial charge in [-0.1, -0.05) is 0 Å². The Morgan fingerprint density at radius 1 is 1.13 bits per heavy atom. The molecule has 122 valence electrons. The molecule has 5 heteroatoms. The third-order valence-electron chi connectivity index (χ3n) is 3.70. The molecule has 1 saturated carbocycles. The maximum absolute atomic E-state index is 4.68. The van der Waals surface area contributed by atoms with Crippen molar-refractivity contribution in [2.75, 3.05) is 17.2 Å². The maximum atomic E-state index is 4.68. The molecule has 0 aromatic carbocycles. The monoisotopic (exact) mass is 311 g/mol. The van der Waals surface area contributed by atoms with Gasteiger partial charge in [0, 0.05) is 36.5 Å². The smallest absolute Gasteiger partial charge is 0.225 e. The van der Waals surface area contributed by atoms with E-state index < -0.39 is 0 Å². The van der Waals surface area contributed by atoms with E-state index in [2.05, 4.69) is 52.4 Å². The zero-order valence-corrected chi connectivity index (χ0v) is 14.1. The summed E-state index contributed by atoms with van der Waals surface area (Å²) in [4.78, 5) is 13.3. The van der Waals surface area contributed by atoms with Crippen LogP contribution >= 0.6 is 0 Å². The molecule has 0 aliphatic heterocycles. The van der Waals surface area contributed by atoms with Gasteiger partial charge >= 0.3 is 0 Å². The van der Waals surface area contributed by atoms with Crippen molar-refractivity contribution in [1.82, 2.24) is 15.0 Å². The Labute approximate surface area is 138 Å². The molecule has 2 heterocycles. The van der Waals surface area contributed by atoms with Crippen LogP contribution in [-0.4, -0.2) is 27.0 Å². The second-order valence-electron chi connectivity index (χ2n) is 7.18. The van der Waals surface area contributed by atoms with Crippen LogP contribution in [0, 0.1) is 0 Å². The van der Waals surface area contributed by atoms with Crippen molar-refractivity contribution in [1.29, 1.82) is 0 Å². The predicted octanol–water partition coefficient (Wildman–Crippen LogP) is 3.61. The van der Waals surface area contributed by atoms with Crippen molar-refractivity contribution in [3.8, 4) is 0 Å². The van der Waals surface area contributed by atoms with E-state index in [1.807, 2.05) is 24.5 Å². The van der Waals surface area contributed by atoms with Crippen molar-refractivity contribution in [3.63, 3.8) is 0 Å². The first kappa shape index (κ1) is 15.7. The van der Waals surface area contributed by atoms with E-state index in [1.54, 1.807) is 0 Å². The van der Waals surface area contributed by atoms with Crippen LogP contribution in [0.5, 0.6) is 0 Å². The average molecular weight is 311 g/mol. The van der Waals surface area contributed by atoms with Crippen molar-refractivity contribution in [3.05, 3.63) is 41.9 Å². The highest BCUT2D eigenvalue weighted by Crippen LogP contribution is 2.40. The van der Waals surface area contributed by atoms with Gasteiger partial charge in [-0.25, -0.2) is 4.98 Å². The second kappa shape index (κ2) is 6.52. The molecule has 0 radical (unpaired) electrons. The molecule has 0 atom stereocenters. The van der Waals surface area contributed by atoms with Gasteiger partial charge in [0.2, 0.25) is 5.95 Å². The molecule has 3 rings (SSSR count). The van der Waals surface area contributed by atoms with Crippen LogP contribution in [0.1, 0.15) is 50.8 Å². The van der Waals surface area contributed by atoms with Gasteiger partial charge in [-0.3, -0.25) is 4.98 Å². The van der Waals surface area contributed by atoms with Crippen molar-refractivity contribution in [2.45, 2.75) is 51.5 Å². The van der Waals surface area contributed by atoms with E-state index >= 15 is 0 Å². The van der Waals surface area contributed by atoms with E-state index in [-0.39, 0.29) is 5.54 Å². The molecule has 5 nitrogen and oxygen atoms in total. The van der Waals surface area contributed by atoms with Crippen LogP contribution in [0.2, 0.25) is 0 Å². The van der Waals surface area contributed by atoms with E-state index in [1.165, 1.54) is 18.4 Å². The summed E-state index contributed by atoms with van der Waals surface area (Å²) in [5, 5.41) is 6.81. The van der Waals surface area contributed by atoms with Gasteiger partial charge in [0.1, 0.15) is 5.82 Å². The summed E-state index contributed by atoms with van der Waals surface area (Å²) in [6.45, 7) is 7.21. The number of anilines is 2. The Kier molecular flexibility index (Phi) is 4.46. The van der Waals surface area contributed by atoms with Gasteiger partial charge in [-0.2, -0.15) is 4.98 Å². The van der Waals surface area contributed by atoms with Crippen LogP contribution < -0.4 is 10.6 Å². The molecule has 23 heavy (non-hydrogen) atoms. The van der Waals surface area contributed by atoms with E-state index in [0.717, 1.165) is 24.5 Å². The summed E-state index contributed by atoms with van der Waals surface area (Å²) in [6.07, 6.45) is 7.09. The number of nitrogens with zero attached hydrogens (tertiary/aromatic N) is 3. The second-order valence-corrected chi connectivity index (χ2v) is 7.18. The Bertz CT molecular complexity index is 644. The molecule has 1 fully saturated rings. The number of hydrogen-bond donors (Lipinski definition) is 2. The van der Waals surface area contributed by atoms with Gasteiger partial charge in [0.05, 0.1) is 5.69 Å². The molecule has 1 aliphatic rings. The van der Waals surface area contributed by atoms with Gasteiger partial charge < -0.3 is 10.6 Å². The minimum absolute atomic E-state index is 0.0452. The highest BCUT2D eigenvalue weighted by atomic mass is 15.2. The first-order chi connectivity index (χ1) is 11.0. The number of nitrogens with one attached hydrogen (secondary N) is 2. The standard InChI is InChI=1S/C18H25N5/c1-18(2,3)23-17-21-15(14-4-5-14)12-16(22-17)20-11-8-13-6-9-19-10-7-13/h6-7,9-10,12,14H,4-5,8,11H2,1-3H3,(H2,20,21,22,23). The first-order valence-electron chi connectivity index (χ1n) is 8.29. The number of aromatic nitrogens is 3. The number of hydrogen-bond acceptors (Lipinski definition) is 5. The Morgan fingerprint density at radius 3 is 2.52 bits per heavy atom. The quantitative estimate of drug-likeness (QED) is 0.853. The van der Waals surface area contributed by atoms with Crippen LogP contribution in [0.25, 0.3) is 0 Å². The Hall–Kier alpha value is -2.17. The average Bonchev–Trinajstić information content (AvgIpc) is 3.31. The highest BCUT2D eigenvalue weighted by Gasteiger charge is 2.26. The SMILES string of the molecule is CC(C)(C)Nc1nc(NCCc2ccncc2)cc(C2CC2)n1.